The summed E-state index contributed by atoms with van der Waals surface area (Å²) in [6.07, 6.45) is 4.59. The van der Waals surface area contributed by atoms with E-state index in [1.165, 1.54) is 0 Å². The Hall–Kier alpha value is -1.28. The van der Waals surface area contributed by atoms with Gasteiger partial charge in [0.1, 0.15) is 0 Å². The fraction of sp³-hybridized carbons (Fsp3) is 0.667. The summed E-state index contributed by atoms with van der Waals surface area (Å²) in [6, 6.07) is 0. The summed E-state index contributed by atoms with van der Waals surface area (Å²) in [5.74, 6) is 0.224. The van der Waals surface area contributed by atoms with Crippen LogP contribution in [-0.2, 0) is 14.3 Å². The summed E-state index contributed by atoms with van der Waals surface area (Å²) in [5.41, 5.74) is 0. The van der Waals surface area contributed by atoms with Crippen molar-refractivity contribution in [2.75, 3.05) is 24.2 Å². The van der Waals surface area contributed by atoms with Gasteiger partial charge < -0.3 is 4.90 Å². The Bertz CT molecular complexity index is 542. The molecule has 2 heterocycles. The molecule has 112 valence electrons. The standard InChI is InChI=1S/C12H18FN3O3S/c1-9(19-20(2,17)18)10-3-5-16(6-4-10)12-14-7-11(13)8-15-12/h7-10H,3-6H2,1-2H3. The molecule has 1 unspecified atom stereocenters. The molecule has 6 nitrogen and oxygen atoms in total. The van der Waals surface area contributed by atoms with E-state index in [-0.39, 0.29) is 12.0 Å². The summed E-state index contributed by atoms with van der Waals surface area (Å²) in [4.78, 5) is 9.85. The molecule has 2 rings (SSSR count). The van der Waals surface area contributed by atoms with Crippen LogP contribution in [0.2, 0.25) is 0 Å². The minimum Gasteiger partial charge on any atom is -0.341 e. The molecule has 0 aromatic carbocycles. The van der Waals surface area contributed by atoms with Crippen LogP contribution >= 0.6 is 0 Å². The van der Waals surface area contributed by atoms with Crippen molar-refractivity contribution in [1.29, 1.82) is 0 Å². The second-order valence-corrected chi connectivity index (χ2v) is 6.63. The lowest BCUT2D eigenvalue weighted by molar-refractivity contribution is 0.141. The molecule has 8 heteroatoms. The molecule has 1 aromatic heterocycles. The highest BCUT2D eigenvalue weighted by molar-refractivity contribution is 7.86. The minimum atomic E-state index is -3.42. The third-order valence-electron chi connectivity index (χ3n) is 3.42. The molecule has 0 spiro atoms. The second kappa shape index (κ2) is 6.01. The minimum absolute atomic E-state index is 0.182. The van der Waals surface area contributed by atoms with Crippen LogP contribution in [0, 0.1) is 11.7 Å². The molecule has 0 bridgehead atoms. The predicted molar refractivity (Wildman–Crippen MR) is 72.3 cm³/mol. The Balaban J connectivity index is 1.90. The first-order chi connectivity index (χ1) is 9.35. The maximum Gasteiger partial charge on any atom is 0.264 e. The van der Waals surface area contributed by atoms with Crippen LogP contribution in [0.15, 0.2) is 12.4 Å². The topological polar surface area (TPSA) is 72.4 Å². The Kier molecular flexibility index (Phi) is 4.54. The van der Waals surface area contributed by atoms with Gasteiger partial charge in [-0.15, -0.1) is 0 Å². The van der Waals surface area contributed by atoms with Gasteiger partial charge in [0, 0.05) is 13.1 Å². The summed E-state index contributed by atoms with van der Waals surface area (Å²) in [6.45, 7) is 3.18. The van der Waals surface area contributed by atoms with Gasteiger partial charge >= 0.3 is 0 Å². The van der Waals surface area contributed by atoms with Gasteiger partial charge in [-0.2, -0.15) is 8.42 Å². The number of rotatable bonds is 4. The van der Waals surface area contributed by atoms with E-state index in [1.807, 2.05) is 4.90 Å². The largest absolute Gasteiger partial charge is 0.341 e. The van der Waals surface area contributed by atoms with E-state index in [9.17, 15) is 12.8 Å². The number of piperidine rings is 1. The van der Waals surface area contributed by atoms with Crippen LogP contribution in [0.25, 0.3) is 0 Å². The van der Waals surface area contributed by atoms with Crippen molar-refractivity contribution in [3.63, 3.8) is 0 Å². The van der Waals surface area contributed by atoms with Crippen molar-refractivity contribution in [3.8, 4) is 0 Å². The summed E-state index contributed by atoms with van der Waals surface area (Å²) in [5, 5.41) is 0. The van der Waals surface area contributed by atoms with E-state index in [2.05, 4.69) is 9.97 Å². The average molecular weight is 303 g/mol. The molecule has 0 saturated carbocycles. The second-order valence-electron chi connectivity index (χ2n) is 5.03. The number of hydrogen-bond acceptors (Lipinski definition) is 6. The van der Waals surface area contributed by atoms with E-state index < -0.39 is 15.9 Å². The first kappa shape index (κ1) is 15.1. The fourth-order valence-electron chi connectivity index (χ4n) is 2.39. The van der Waals surface area contributed by atoms with Crippen LogP contribution in [0.3, 0.4) is 0 Å². The van der Waals surface area contributed by atoms with Crippen molar-refractivity contribution in [2.45, 2.75) is 25.9 Å². The normalized spacial score (nSPS) is 19.1. The molecule has 1 aliphatic heterocycles. The molecule has 1 saturated heterocycles. The van der Waals surface area contributed by atoms with Gasteiger partial charge in [-0.1, -0.05) is 0 Å². The third kappa shape index (κ3) is 4.11. The van der Waals surface area contributed by atoms with E-state index >= 15 is 0 Å². The highest BCUT2D eigenvalue weighted by Gasteiger charge is 2.27. The highest BCUT2D eigenvalue weighted by Crippen LogP contribution is 2.25. The molecule has 0 amide bonds. The lowest BCUT2D eigenvalue weighted by Gasteiger charge is -2.34. The summed E-state index contributed by atoms with van der Waals surface area (Å²) in [7, 11) is -3.42. The average Bonchev–Trinajstić information content (AvgIpc) is 2.38. The lowest BCUT2D eigenvalue weighted by atomic mass is 9.92. The molecule has 20 heavy (non-hydrogen) atoms. The smallest absolute Gasteiger partial charge is 0.264 e. The van der Waals surface area contributed by atoms with Crippen molar-refractivity contribution >= 4 is 16.1 Å². The number of halogens is 1. The maximum absolute atomic E-state index is 12.8. The zero-order valence-corrected chi connectivity index (χ0v) is 12.3. The molecule has 0 N–H and O–H groups in total. The van der Waals surface area contributed by atoms with Crippen molar-refractivity contribution in [2.24, 2.45) is 5.92 Å². The number of hydrogen-bond donors (Lipinski definition) is 0. The quantitative estimate of drug-likeness (QED) is 0.778. The Labute approximate surface area is 118 Å². The van der Waals surface area contributed by atoms with Gasteiger partial charge in [-0.3, -0.25) is 4.18 Å². The summed E-state index contributed by atoms with van der Waals surface area (Å²) >= 11 is 0. The molecule has 0 radical (unpaired) electrons. The molecule has 1 aromatic rings. The molecule has 1 fully saturated rings. The lowest BCUT2D eigenvalue weighted by Crippen LogP contribution is -2.39. The van der Waals surface area contributed by atoms with Gasteiger partial charge in [0.25, 0.3) is 10.1 Å². The SMILES string of the molecule is CC(OS(C)(=O)=O)C1CCN(c2ncc(F)cn2)CC1. The van der Waals surface area contributed by atoms with Crippen LogP contribution in [0.4, 0.5) is 10.3 Å². The van der Waals surface area contributed by atoms with Gasteiger partial charge in [-0.05, 0) is 25.7 Å². The third-order valence-corrected chi connectivity index (χ3v) is 4.07. The molecule has 0 aliphatic carbocycles. The van der Waals surface area contributed by atoms with Crippen LogP contribution in [-0.4, -0.2) is 43.8 Å². The van der Waals surface area contributed by atoms with E-state index in [4.69, 9.17) is 4.18 Å². The zero-order valence-electron chi connectivity index (χ0n) is 11.5. The predicted octanol–water partition coefficient (Wildman–Crippen LogP) is 1.20. The van der Waals surface area contributed by atoms with Crippen molar-refractivity contribution in [1.82, 2.24) is 9.97 Å². The van der Waals surface area contributed by atoms with Gasteiger partial charge in [0.2, 0.25) is 5.95 Å². The van der Waals surface area contributed by atoms with Gasteiger partial charge in [0.05, 0.1) is 24.8 Å². The Morgan fingerprint density at radius 2 is 1.90 bits per heavy atom. The monoisotopic (exact) mass is 303 g/mol. The zero-order chi connectivity index (χ0) is 14.8. The van der Waals surface area contributed by atoms with E-state index in [0.29, 0.717) is 19.0 Å². The van der Waals surface area contributed by atoms with E-state index in [1.54, 1.807) is 6.92 Å². The molecule has 1 atom stereocenters. The Morgan fingerprint density at radius 1 is 1.35 bits per heavy atom. The Morgan fingerprint density at radius 3 is 2.40 bits per heavy atom. The molecule has 1 aliphatic rings. The summed E-state index contributed by atoms with van der Waals surface area (Å²) < 4.78 is 40.0. The van der Waals surface area contributed by atoms with E-state index in [0.717, 1.165) is 31.5 Å². The fourth-order valence-corrected chi connectivity index (χ4v) is 3.10. The van der Waals surface area contributed by atoms with Crippen LogP contribution in [0.1, 0.15) is 19.8 Å². The first-order valence-corrected chi connectivity index (χ1v) is 8.27. The number of aromatic nitrogens is 2. The van der Waals surface area contributed by atoms with Gasteiger partial charge in [0.15, 0.2) is 5.82 Å². The molecular weight excluding hydrogens is 285 g/mol. The number of nitrogens with zero attached hydrogens (tertiary/aromatic N) is 3. The number of anilines is 1. The maximum atomic E-state index is 12.8. The van der Waals surface area contributed by atoms with Gasteiger partial charge in [-0.25, -0.2) is 14.4 Å². The first-order valence-electron chi connectivity index (χ1n) is 6.46. The van der Waals surface area contributed by atoms with Crippen LogP contribution in [0.5, 0.6) is 0 Å². The molecular formula is C12H18FN3O3S. The van der Waals surface area contributed by atoms with Crippen molar-refractivity contribution < 1.29 is 17.0 Å². The highest BCUT2D eigenvalue weighted by atomic mass is 32.2. The van der Waals surface area contributed by atoms with Crippen LogP contribution < -0.4 is 4.90 Å². The van der Waals surface area contributed by atoms with Crippen molar-refractivity contribution in [3.05, 3.63) is 18.2 Å².